The third kappa shape index (κ3) is 4.87. The van der Waals surface area contributed by atoms with E-state index >= 15 is 0 Å². The van der Waals surface area contributed by atoms with Gasteiger partial charge in [0.1, 0.15) is 5.69 Å². The zero-order valence-electron chi connectivity index (χ0n) is 12.2. The second-order valence-corrected chi connectivity index (χ2v) is 4.75. The smallest absolute Gasteiger partial charge is 0.270 e. The summed E-state index contributed by atoms with van der Waals surface area (Å²) in [5, 5.41) is 6.13. The molecule has 5 nitrogen and oxygen atoms in total. The lowest BCUT2D eigenvalue weighted by molar-refractivity contribution is 0.0946. The molecule has 0 unspecified atom stereocenters. The van der Waals surface area contributed by atoms with Crippen molar-refractivity contribution in [3.05, 3.63) is 54.1 Å². The van der Waals surface area contributed by atoms with Crippen LogP contribution < -0.4 is 10.6 Å². The van der Waals surface area contributed by atoms with E-state index in [1.807, 2.05) is 18.2 Å². The van der Waals surface area contributed by atoms with Gasteiger partial charge in [-0.15, -0.1) is 0 Å². The number of carbonyl (C=O) groups excluding carboxylic acids is 1. The lowest BCUT2D eigenvalue weighted by Gasteiger charge is -2.08. The van der Waals surface area contributed by atoms with E-state index in [0.717, 1.165) is 30.6 Å². The van der Waals surface area contributed by atoms with Crippen molar-refractivity contribution in [1.82, 2.24) is 15.3 Å². The Morgan fingerprint density at radius 2 is 2.19 bits per heavy atom. The fourth-order valence-corrected chi connectivity index (χ4v) is 1.85. The van der Waals surface area contributed by atoms with E-state index < -0.39 is 0 Å². The van der Waals surface area contributed by atoms with Gasteiger partial charge < -0.3 is 10.6 Å². The molecule has 0 aliphatic heterocycles. The summed E-state index contributed by atoms with van der Waals surface area (Å²) in [5.74, 6) is -0.182. The number of aromatic nitrogens is 2. The summed E-state index contributed by atoms with van der Waals surface area (Å²) in [7, 11) is 0. The van der Waals surface area contributed by atoms with Crippen LogP contribution in [0.25, 0.3) is 0 Å². The number of rotatable bonds is 7. The van der Waals surface area contributed by atoms with E-state index in [1.54, 1.807) is 24.7 Å². The molecule has 21 heavy (non-hydrogen) atoms. The first-order valence-electron chi connectivity index (χ1n) is 7.16. The van der Waals surface area contributed by atoms with Crippen molar-refractivity contribution in [1.29, 1.82) is 0 Å². The van der Waals surface area contributed by atoms with Crippen molar-refractivity contribution in [2.75, 3.05) is 11.9 Å². The van der Waals surface area contributed by atoms with Crippen LogP contribution in [0.4, 0.5) is 5.69 Å². The summed E-state index contributed by atoms with van der Waals surface area (Å²) in [6, 6.07) is 7.41. The molecule has 2 aromatic rings. The molecular formula is C16H20N4O. The summed E-state index contributed by atoms with van der Waals surface area (Å²) in [5.41, 5.74) is 2.30. The quantitative estimate of drug-likeness (QED) is 0.767. The minimum absolute atomic E-state index is 0.182. The number of nitrogens with zero attached hydrogens (tertiary/aromatic N) is 2. The SMILES string of the molecule is CCCCNc1ccnc(C(=O)NCc2cccnc2)c1. The maximum Gasteiger partial charge on any atom is 0.270 e. The van der Waals surface area contributed by atoms with Crippen LogP contribution in [0.1, 0.15) is 35.8 Å². The van der Waals surface area contributed by atoms with Gasteiger partial charge in [0.15, 0.2) is 0 Å². The molecule has 2 heterocycles. The van der Waals surface area contributed by atoms with Gasteiger partial charge in [0.25, 0.3) is 5.91 Å². The molecular weight excluding hydrogens is 264 g/mol. The molecule has 110 valence electrons. The largest absolute Gasteiger partial charge is 0.385 e. The summed E-state index contributed by atoms with van der Waals surface area (Å²) < 4.78 is 0. The number of nitrogens with one attached hydrogen (secondary N) is 2. The van der Waals surface area contributed by atoms with Crippen LogP contribution >= 0.6 is 0 Å². The Kier molecular flexibility index (Phi) is 5.70. The van der Waals surface area contributed by atoms with Gasteiger partial charge in [-0.25, -0.2) is 0 Å². The first-order chi connectivity index (χ1) is 10.3. The topological polar surface area (TPSA) is 66.9 Å². The second kappa shape index (κ2) is 7.99. The molecule has 0 atom stereocenters. The summed E-state index contributed by atoms with van der Waals surface area (Å²) in [6.45, 7) is 3.49. The molecule has 5 heteroatoms. The highest BCUT2D eigenvalue weighted by molar-refractivity contribution is 5.93. The zero-order valence-corrected chi connectivity index (χ0v) is 12.2. The summed E-state index contributed by atoms with van der Waals surface area (Å²) in [4.78, 5) is 20.2. The van der Waals surface area contributed by atoms with Crippen LogP contribution in [0.3, 0.4) is 0 Å². The highest BCUT2D eigenvalue weighted by Crippen LogP contribution is 2.08. The fraction of sp³-hybridized carbons (Fsp3) is 0.312. The highest BCUT2D eigenvalue weighted by Gasteiger charge is 2.07. The molecule has 0 spiro atoms. The normalized spacial score (nSPS) is 10.1. The number of unbranched alkanes of at least 4 members (excludes halogenated alkanes) is 1. The Morgan fingerprint density at radius 3 is 2.95 bits per heavy atom. The molecule has 2 N–H and O–H groups in total. The van der Waals surface area contributed by atoms with Crippen molar-refractivity contribution < 1.29 is 4.79 Å². The number of amides is 1. The number of hydrogen-bond acceptors (Lipinski definition) is 4. The average Bonchev–Trinajstić information content (AvgIpc) is 2.54. The van der Waals surface area contributed by atoms with E-state index in [0.29, 0.717) is 12.2 Å². The Hall–Kier alpha value is -2.43. The van der Waals surface area contributed by atoms with E-state index in [1.165, 1.54) is 0 Å². The van der Waals surface area contributed by atoms with Gasteiger partial charge in [-0.05, 0) is 30.2 Å². The number of carbonyl (C=O) groups is 1. The van der Waals surface area contributed by atoms with E-state index in [9.17, 15) is 4.79 Å². The molecule has 0 aromatic carbocycles. The minimum Gasteiger partial charge on any atom is -0.385 e. The van der Waals surface area contributed by atoms with Crippen LogP contribution in [0.15, 0.2) is 42.9 Å². The maximum atomic E-state index is 12.1. The molecule has 2 aromatic heterocycles. The Labute approximate surface area is 124 Å². The lowest BCUT2D eigenvalue weighted by Crippen LogP contribution is -2.24. The Bertz CT molecular complexity index is 571. The average molecular weight is 284 g/mol. The van der Waals surface area contributed by atoms with Gasteiger partial charge in [0.2, 0.25) is 0 Å². The first kappa shape index (κ1) is 15.0. The van der Waals surface area contributed by atoms with Crippen molar-refractivity contribution in [3.8, 4) is 0 Å². The summed E-state index contributed by atoms with van der Waals surface area (Å²) >= 11 is 0. The first-order valence-corrected chi connectivity index (χ1v) is 7.16. The van der Waals surface area contributed by atoms with Gasteiger partial charge in [-0.3, -0.25) is 14.8 Å². The van der Waals surface area contributed by atoms with Crippen LogP contribution in [0.2, 0.25) is 0 Å². The Morgan fingerprint density at radius 1 is 1.29 bits per heavy atom. The molecule has 0 radical (unpaired) electrons. The molecule has 0 fully saturated rings. The molecule has 0 saturated carbocycles. The molecule has 2 rings (SSSR count). The van der Waals surface area contributed by atoms with Gasteiger partial charge in [-0.2, -0.15) is 0 Å². The number of anilines is 1. The molecule has 0 saturated heterocycles. The maximum absolute atomic E-state index is 12.1. The van der Waals surface area contributed by atoms with E-state index in [2.05, 4.69) is 27.5 Å². The third-order valence-corrected chi connectivity index (χ3v) is 3.03. The van der Waals surface area contributed by atoms with E-state index in [-0.39, 0.29) is 5.91 Å². The third-order valence-electron chi connectivity index (χ3n) is 3.03. The van der Waals surface area contributed by atoms with Crippen LogP contribution in [0, 0.1) is 0 Å². The van der Waals surface area contributed by atoms with Gasteiger partial charge in [-0.1, -0.05) is 19.4 Å². The van der Waals surface area contributed by atoms with Crippen LogP contribution in [-0.2, 0) is 6.54 Å². The Balaban J connectivity index is 1.91. The summed E-state index contributed by atoms with van der Waals surface area (Å²) in [6.07, 6.45) is 7.32. The number of hydrogen-bond donors (Lipinski definition) is 2. The van der Waals surface area contributed by atoms with Gasteiger partial charge in [0.05, 0.1) is 0 Å². The molecule has 1 amide bonds. The van der Waals surface area contributed by atoms with Crippen molar-refractivity contribution in [2.24, 2.45) is 0 Å². The predicted octanol–water partition coefficient (Wildman–Crippen LogP) is 2.62. The standard InChI is InChI=1S/C16H20N4O/c1-2-3-8-18-14-6-9-19-15(10-14)16(21)20-12-13-5-4-7-17-11-13/h4-7,9-11H,2-3,8,12H2,1H3,(H,18,19)(H,20,21). The van der Waals surface area contributed by atoms with Crippen molar-refractivity contribution >= 4 is 11.6 Å². The molecule has 0 aliphatic rings. The zero-order chi connectivity index (χ0) is 14.9. The van der Waals surface area contributed by atoms with Gasteiger partial charge in [0, 0.05) is 37.4 Å². The monoisotopic (exact) mass is 284 g/mol. The second-order valence-electron chi connectivity index (χ2n) is 4.75. The fourth-order valence-electron chi connectivity index (χ4n) is 1.85. The van der Waals surface area contributed by atoms with Crippen LogP contribution in [-0.4, -0.2) is 22.4 Å². The minimum atomic E-state index is -0.182. The van der Waals surface area contributed by atoms with Crippen molar-refractivity contribution in [2.45, 2.75) is 26.3 Å². The predicted molar refractivity (Wildman–Crippen MR) is 83.0 cm³/mol. The van der Waals surface area contributed by atoms with Crippen LogP contribution in [0.5, 0.6) is 0 Å². The molecule has 0 aliphatic carbocycles. The van der Waals surface area contributed by atoms with Gasteiger partial charge >= 0.3 is 0 Å². The van der Waals surface area contributed by atoms with E-state index in [4.69, 9.17) is 0 Å². The lowest BCUT2D eigenvalue weighted by atomic mass is 10.2. The molecule has 0 bridgehead atoms. The highest BCUT2D eigenvalue weighted by atomic mass is 16.1. The number of pyridine rings is 2. The van der Waals surface area contributed by atoms with Crippen molar-refractivity contribution in [3.63, 3.8) is 0 Å².